The van der Waals surface area contributed by atoms with E-state index in [1.807, 2.05) is 0 Å². The van der Waals surface area contributed by atoms with Crippen LogP contribution in [0.1, 0.15) is 23.2 Å². The Morgan fingerprint density at radius 1 is 1.12 bits per heavy atom. The van der Waals surface area contributed by atoms with Gasteiger partial charge in [-0.3, -0.25) is 9.52 Å². The van der Waals surface area contributed by atoms with Crippen LogP contribution in [0.25, 0.3) is 0 Å². The molecular formula is C18H19FN2O4S. The monoisotopic (exact) mass is 378 g/mol. The van der Waals surface area contributed by atoms with Gasteiger partial charge in [0.2, 0.25) is 0 Å². The normalized spacial score (nSPS) is 17.0. The van der Waals surface area contributed by atoms with Crippen LogP contribution in [0.2, 0.25) is 0 Å². The van der Waals surface area contributed by atoms with E-state index in [9.17, 15) is 17.6 Å². The third-order valence-electron chi connectivity index (χ3n) is 4.04. The lowest BCUT2D eigenvalue weighted by molar-refractivity contribution is 0.0857. The zero-order valence-corrected chi connectivity index (χ0v) is 14.8. The van der Waals surface area contributed by atoms with Gasteiger partial charge in [0.25, 0.3) is 15.9 Å². The summed E-state index contributed by atoms with van der Waals surface area (Å²) in [4.78, 5) is 12.1. The Hall–Kier alpha value is -2.45. The summed E-state index contributed by atoms with van der Waals surface area (Å²) in [6, 6.07) is 10.6. The van der Waals surface area contributed by atoms with Crippen molar-refractivity contribution in [3.8, 4) is 0 Å². The molecule has 1 atom stereocenters. The van der Waals surface area contributed by atoms with E-state index in [-0.39, 0.29) is 22.6 Å². The van der Waals surface area contributed by atoms with Crippen molar-refractivity contribution in [3.63, 3.8) is 0 Å². The van der Waals surface area contributed by atoms with Crippen molar-refractivity contribution in [1.82, 2.24) is 5.32 Å². The highest BCUT2D eigenvalue weighted by atomic mass is 32.2. The van der Waals surface area contributed by atoms with E-state index in [1.54, 1.807) is 0 Å². The predicted octanol–water partition coefficient (Wildman–Crippen LogP) is 2.54. The molecule has 1 amide bonds. The second kappa shape index (κ2) is 7.84. The van der Waals surface area contributed by atoms with Gasteiger partial charge in [-0.15, -0.1) is 0 Å². The Balaban J connectivity index is 1.63. The topological polar surface area (TPSA) is 84.5 Å². The highest BCUT2D eigenvalue weighted by Gasteiger charge is 2.18. The van der Waals surface area contributed by atoms with Crippen LogP contribution in [-0.4, -0.2) is 33.6 Å². The molecule has 1 aliphatic heterocycles. The van der Waals surface area contributed by atoms with Crippen LogP contribution >= 0.6 is 0 Å². The van der Waals surface area contributed by atoms with Crippen LogP contribution in [0.5, 0.6) is 0 Å². The van der Waals surface area contributed by atoms with Gasteiger partial charge in [-0.05, 0) is 61.4 Å². The number of amides is 1. The van der Waals surface area contributed by atoms with Crippen LogP contribution in [0.3, 0.4) is 0 Å². The molecule has 0 bridgehead atoms. The molecule has 2 N–H and O–H groups in total. The summed E-state index contributed by atoms with van der Waals surface area (Å²) in [5.74, 6) is -0.734. The fourth-order valence-electron chi connectivity index (χ4n) is 2.63. The van der Waals surface area contributed by atoms with Gasteiger partial charge in [0.15, 0.2) is 0 Å². The summed E-state index contributed by atoms with van der Waals surface area (Å²) in [6.45, 7) is 1.15. The number of anilines is 1. The van der Waals surface area contributed by atoms with Crippen LogP contribution < -0.4 is 10.0 Å². The summed E-state index contributed by atoms with van der Waals surface area (Å²) in [6.07, 6.45) is 1.96. The van der Waals surface area contributed by atoms with Gasteiger partial charge in [0.1, 0.15) is 5.82 Å². The third-order valence-corrected chi connectivity index (χ3v) is 5.43. The maximum Gasteiger partial charge on any atom is 0.261 e. The number of nitrogens with one attached hydrogen (secondary N) is 2. The lowest BCUT2D eigenvalue weighted by Crippen LogP contribution is -2.31. The molecule has 138 valence electrons. The zero-order valence-electron chi connectivity index (χ0n) is 13.9. The van der Waals surface area contributed by atoms with Crippen molar-refractivity contribution < 1.29 is 22.3 Å². The van der Waals surface area contributed by atoms with Crippen molar-refractivity contribution in [2.45, 2.75) is 23.8 Å². The number of hydrogen-bond donors (Lipinski definition) is 2. The Morgan fingerprint density at radius 2 is 1.81 bits per heavy atom. The molecule has 0 spiro atoms. The van der Waals surface area contributed by atoms with Crippen molar-refractivity contribution in [2.75, 3.05) is 17.9 Å². The molecule has 1 saturated heterocycles. The minimum Gasteiger partial charge on any atom is -0.376 e. The maximum atomic E-state index is 12.9. The summed E-state index contributed by atoms with van der Waals surface area (Å²) >= 11 is 0. The fraction of sp³-hybridized carbons (Fsp3) is 0.278. The Morgan fingerprint density at radius 3 is 2.42 bits per heavy atom. The zero-order chi connectivity index (χ0) is 18.6. The van der Waals surface area contributed by atoms with Crippen LogP contribution in [0.4, 0.5) is 10.1 Å². The molecule has 0 saturated carbocycles. The second-order valence-corrected chi connectivity index (χ2v) is 7.66. The number of carbonyl (C=O) groups is 1. The largest absolute Gasteiger partial charge is 0.376 e. The fourth-order valence-corrected chi connectivity index (χ4v) is 3.69. The molecule has 1 fully saturated rings. The van der Waals surface area contributed by atoms with Gasteiger partial charge < -0.3 is 10.1 Å². The summed E-state index contributed by atoms with van der Waals surface area (Å²) < 4.78 is 45.4. The smallest absolute Gasteiger partial charge is 0.261 e. The Bertz CT molecular complexity index is 861. The number of ether oxygens (including phenoxy) is 1. The quantitative estimate of drug-likeness (QED) is 0.809. The van der Waals surface area contributed by atoms with Gasteiger partial charge in [0.05, 0.1) is 11.0 Å². The SMILES string of the molecule is O=C(NC[C@H]1CCCO1)c1ccc(S(=O)(=O)Nc2ccc(F)cc2)cc1. The number of sulfonamides is 1. The molecule has 1 aliphatic rings. The number of hydrogen-bond acceptors (Lipinski definition) is 4. The van der Waals surface area contributed by atoms with Gasteiger partial charge in [0, 0.05) is 24.4 Å². The van der Waals surface area contributed by atoms with E-state index in [1.165, 1.54) is 48.5 Å². The standard InChI is InChI=1S/C18H19FN2O4S/c19-14-5-7-15(8-6-14)21-26(23,24)17-9-3-13(4-10-17)18(22)20-12-16-2-1-11-25-16/h3-10,16,21H,1-2,11-12H2,(H,20,22)/t16-/m1/s1. The van der Waals surface area contributed by atoms with E-state index >= 15 is 0 Å². The van der Waals surface area contributed by atoms with Crippen molar-refractivity contribution in [1.29, 1.82) is 0 Å². The average molecular weight is 378 g/mol. The molecular weight excluding hydrogens is 359 g/mol. The second-order valence-electron chi connectivity index (χ2n) is 5.98. The van der Waals surface area contributed by atoms with Crippen LogP contribution in [-0.2, 0) is 14.8 Å². The average Bonchev–Trinajstić information content (AvgIpc) is 3.15. The van der Waals surface area contributed by atoms with Crippen molar-refractivity contribution in [3.05, 3.63) is 59.9 Å². The highest BCUT2D eigenvalue weighted by Crippen LogP contribution is 2.17. The van der Waals surface area contributed by atoms with E-state index in [2.05, 4.69) is 10.0 Å². The van der Waals surface area contributed by atoms with Gasteiger partial charge in [-0.1, -0.05) is 0 Å². The first-order valence-corrected chi connectivity index (χ1v) is 9.71. The lowest BCUT2D eigenvalue weighted by atomic mass is 10.2. The first-order chi connectivity index (χ1) is 12.4. The molecule has 2 aromatic rings. The molecule has 0 radical (unpaired) electrons. The minimum absolute atomic E-state index is 0.0116. The van der Waals surface area contributed by atoms with E-state index in [4.69, 9.17) is 4.74 Å². The van der Waals surface area contributed by atoms with Crippen molar-refractivity contribution in [2.24, 2.45) is 0 Å². The van der Waals surface area contributed by atoms with Gasteiger partial charge in [-0.25, -0.2) is 12.8 Å². The minimum atomic E-state index is -3.82. The molecule has 3 rings (SSSR count). The lowest BCUT2D eigenvalue weighted by Gasteiger charge is -2.11. The summed E-state index contributed by atoms with van der Waals surface area (Å²) in [5.41, 5.74) is 0.619. The molecule has 0 unspecified atom stereocenters. The Kier molecular flexibility index (Phi) is 5.53. The van der Waals surface area contributed by atoms with Gasteiger partial charge >= 0.3 is 0 Å². The highest BCUT2D eigenvalue weighted by molar-refractivity contribution is 7.92. The maximum absolute atomic E-state index is 12.9. The summed E-state index contributed by atoms with van der Waals surface area (Å²) in [7, 11) is -3.82. The first-order valence-electron chi connectivity index (χ1n) is 8.22. The molecule has 0 aromatic heterocycles. The number of carbonyl (C=O) groups excluding carboxylic acids is 1. The number of halogens is 1. The van der Waals surface area contributed by atoms with Crippen LogP contribution in [0.15, 0.2) is 53.4 Å². The molecule has 6 nitrogen and oxygen atoms in total. The molecule has 2 aromatic carbocycles. The van der Waals surface area contributed by atoms with E-state index < -0.39 is 15.8 Å². The Labute approximate surface area is 151 Å². The molecule has 26 heavy (non-hydrogen) atoms. The van der Waals surface area contributed by atoms with Gasteiger partial charge in [-0.2, -0.15) is 0 Å². The third kappa shape index (κ3) is 4.59. The van der Waals surface area contributed by atoms with E-state index in [0.29, 0.717) is 18.7 Å². The van der Waals surface area contributed by atoms with E-state index in [0.717, 1.165) is 12.8 Å². The predicted molar refractivity (Wildman–Crippen MR) is 95.0 cm³/mol. The van der Waals surface area contributed by atoms with Crippen LogP contribution in [0, 0.1) is 5.82 Å². The number of benzene rings is 2. The summed E-state index contributed by atoms with van der Waals surface area (Å²) in [5, 5.41) is 2.78. The molecule has 0 aliphatic carbocycles. The molecule has 1 heterocycles. The number of rotatable bonds is 6. The molecule has 8 heteroatoms. The van der Waals surface area contributed by atoms with Crippen molar-refractivity contribution >= 4 is 21.6 Å². The first kappa shape index (κ1) is 18.3.